The van der Waals surface area contributed by atoms with Crippen LogP contribution in [0.25, 0.3) is 0 Å². The van der Waals surface area contributed by atoms with Crippen LogP contribution >= 0.6 is 0 Å². The summed E-state index contributed by atoms with van der Waals surface area (Å²) in [5, 5.41) is 0. The van der Waals surface area contributed by atoms with Gasteiger partial charge in [-0.2, -0.15) is 0 Å². The summed E-state index contributed by atoms with van der Waals surface area (Å²) in [5.41, 5.74) is 0.547. The van der Waals surface area contributed by atoms with Crippen molar-refractivity contribution in [3.05, 3.63) is 59.7 Å². The molecule has 0 spiro atoms. The van der Waals surface area contributed by atoms with Crippen molar-refractivity contribution in [2.75, 3.05) is 17.8 Å². The Bertz CT molecular complexity index is 918. The van der Waals surface area contributed by atoms with Gasteiger partial charge in [0.15, 0.2) is 4.90 Å². The van der Waals surface area contributed by atoms with Gasteiger partial charge in [0.05, 0.1) is 0 Å². The quantitative estimate of drug-likeness (QED) is 0.861. The van der Waals surface area contributed by atoms with E-state index in [9.17, 15) is 22.0 Å². The number of carbonyl (C=O) groups excluding carboxylic acids is 1. The van der Waals surface area contributed by atoms with E-state index in [2.05, 4.69) is 11.6 Å². The van der Waals surface area contributed by atoms with Crippen molar-refractivity contribution in [2.45, 2.75) is 24.7 Å². The minimum Gasteiger partial charge on any atom is -0.339 e. The van der Waals surface area contributed by atoms with Crippen LogP contribution in [-0.2, 0) is 10.0 Å². The molecule has 0 atom stereocenters. The molecule has 0 aliphatic carbocycles. The highest BCUT2D eigenvalue weighted by molar-refractivity contribution is 7.92. The number of hydrogen-bond acceptors (Lipinski definition) is 3. The molecule has 144 valence electrons. The van der Waals surface area contributed by atoms with Crippen LogP contribution in [0.1, 0.15) is 30.1 Å². The van der Waals surface area contributed by atoms with Gasteiger partial charge in [0.25, 0.3) is 15.9 Å². The molecule has 0 radical (unpaired) electrons. The maximum Gasteiger partial charge on any atom is 0.267 e. The zero-order chi connectivity index (χ0) is 19.6. The van der Waals surface area contributed by atoms with Crippen LogP contribution in [0.2, 0.25) is 0 Å². The number of amides is 1. The highest BCUT2D eigenvalue weighted by Gasteiger charge is 2.24. The summed E-state index contributed by atoms with van der Waals surface area (Å²) in [6, 6.07) is 8.63. The first-order chi connectivity index (χ1) is 12.8. The number of piperidine rings is 1. The molecule has 1 amide bonds. The van der Waals surface area contributed by atoms with E-state index in [1.165, 1.54) is 24.3 Å². The molecule has 1 heterocycles. The Kier molecular flexibility index (Phi) is 5.46. The van der Waals surface area contributed by atoms with Gasteiger partial charge in [-0.15, -0.1) is 0 Å². The van der Waals surface area contributed by atoms with E-state index < -0.39 is 26.6 Å². The van der Waals surface area contributed by atoms with Gasteiger partial charge in [0.1, 0.15) is 11.6 Å². The third-order valence-electron chi connectivity index (χ3n) is 4.64. The monoisotopic (exact) mass is 394 g/mol. The summed E-state index contributed by atoms with van der Waals surface area (Å²) in [5.74, 6) is -1.86. The molecule has 0 saturated carbocycles. The predicted molar refractivity (Wildman–Crippen MR) is 97.9 cm³/mol. The highest BCUT2D eigenvalue weighted by Crippen LogP contribution is 2.23. The largest absolute Gasteiger partial charge is 0.339 e. The van der Waals surface area contributed by atoms with E-state index in [0.29, 0.717) is 24.6 Å². The average molecular weight is 394 g/mol. The van der Waals surface area contributed by atoms with Gasteiger partial charge < -0.3 is 4.90 Å². The molecule has 5 nitrogen and oxygen atoms in total. The van der Waals surface area contributed by atoms with E-state index >= 15 is 0 Å². The Hall–Kier alpha value is -2.48. The van der Waals surface area contributed by atoms with E-state index in [-0.39, 0.29) is 11.6 Å². The molecule has 1 aliphatic heterocycles. The number of nitrogens with zero attached hydrogens (tertiary/aromatic N) is 1. The fourth-order valence-corrected chi connectivity index (χ4v) is 4.22. The smallest absolute Gasteiger partial charge is 0.267 e. The van der Waals surface area contributed by atoms with Crippen LogP contribution in [0.3, 0.4) is 0 Å². The fourth-order valence-electron chi connectivity index (χ4n) is 3.02. The summed E-state index contributed by atoms with van der Waals surface area (Å²) in [6.07, 6.45) is 1.91. The van der Waals surface area contributed by atoms with Gasteiger partial charge in [0, 0.05) is 24.3 Å². The average Bonchev–Trinajstić information content (AvgIpc) is 2.62. The molecule has 8 heteroatoms. The lowest BCUT2D eigenvalue weighted by Gasteiger charge is -2.30. The van der Waals surface area contributed by atoms with Crippen molar-refractivity contribution in [3.63, 3.8) is 0 Å². The summed E-state index contributed by atoms with van der Waals surface area (Å²) in [7, 11) is -4.43. The van der Waals surface area contributed by atoms with Crippen molar-refractivity contribution < 1.29 is 22.0 Å². The number of benzene rings is 2. The van der Waals surface area contributed by atoms with Crippen molar-refractivity contribution in [1.82, 2.24) is 4.90 Å². The minimum atomic E-state index is -4.43. The Morgan fingerprint density at radius 1 is 1.04 bits per heavy atom. The molecule has 2 aromatic rings. The molecule has 1 fully saturated rings. The lowest BCUT2D eigenvalue weighted by Crippen LogP contribution is -2.37. The molecule has 1 N–H and O–H groups in total. The van der Waals surface area contributed by atoms with Gasteiger partial charge in [-0.3, -0.25) is 9.52 Å². The van der Waals surface area contributed by atoms with Crippen LogP contribution in [0, 0.1) is 17.6 Å². The van der Waals surface area contributed by atoms with Crippen molar-refractivity contribution in [2.24, 2.45) is 5.92 Å². The molecular formula is C19H20F2N2O3S. The summed E-state index contributed by atoms with van der Waals surface area (Å²) in [6.45, 7) is 3.54. The number of carbonyl (C=O) groups is 1. The number of rotatable bonds is 4. The normalized spacial score (nSPS) is 15.6. The number of nitrogens with one attached hydrogen (secondary N) is 1. The molecule has 27 heavy (non-hydrogen) atoms. The van der Waals surface area contributed by atoms with E-state index in [4.69, 9.17) is 0 Å². The van der Waals surface area contributed by atoms with Crippen LogP contribution < -0.4 is 4.72 Å². The maximum absolute atomic E-state index is 13.7. The molecular weight excluding hydrogens is 374 g/mol. The number of hydrogen-bond donors (Lipinski definition) is 1. The molecule has 1 aliphatic rings. The standard InChI is InChI=1S/C19H20F2N2O3S/c1-13-9-11-23(12-10-13)19(24)14-5-7-15(8-6-14)22-27(25,26)18-16(20)3-2-4-17(18)21/h2-8,13,22H,9-12H2,1H3. The minimum absolute atomic E-state index is 0.112. The highest BCUT2D eigenvalue weighted by atomic mass is 32.2. The molecule has 2 aromatic carbocycles. The second-order valence-corrected chi connectivity index (χ2v) is 8.33. The first-order valence-electron chi connectivity index (χ1n) is 8.64. The van der Waals surface area contributed by atoms with Crippen molar-refractivity contribution >= 4 is 21.6 Å². The number of anilines is 1. The van der Waals surface area contributed by atoms with E-state index in [1.807, 2.05) is 0 Å². The van der Waals surface area contributed by atoms with Crippen molar-refractivity contribution in [3.8, 4) is 0 Å². The molecule has 0 bridgehead atoms. The fraction of sp³-hybridized carbons (Fsp3) is 0.316. The van der Waals surface area contributed by atoms with Gasteiger partial charge in [-0.25, -0.2) is 17.2 Å². The van der Waals surface area contributed by atoms with Crippen molar-refractivity contribution in [1.29, 1.82) is 0 Å². The topological polar surface area (TPSA) is 66.5 Å². The van der Waals surface area contributed by atoms with Gasteiger partial charge >= 0.3 is 0 Å². The number of sulfonamides is 1. The summed E-state index contributed by atoms with van der Waals surface area (Å²) >= 11 is 0. The Morgan fingerprint density at radius 3 is 2.15 bits per heavy atom. The first-order valence-corrected chi connectivity index (χ1v) is 10.1. The SMILES string of the molecule is CC1CCN(C(=O)c2ccc(NS(=O)(=O)c3c(F)cccc3F)cc2)CC1. The first kappa shape index (κ1) is 19.3. The number of halogens is 2. The third kappa shape index (κ3) is 4.27. The third-order valence-corrected chi connectivity index (χ3v) is 6.07. The van der Waals surface area contributed by atoms with Gasteiger partial charge in [0.2, 0.25) is 0 Å². The zero-order valence-corrected chi connectivity index (χ0v) is 15.6. The molecule has 0 aromatic heterocycles. The van der Waals surface area contributed by atoms with E-state index in [0.717, 1.165) is 31.0 Å². The molecule has 1 saturated heterocycles. The Balaban J connectivity index is 1.75. The Morgan fingerprint density at radius 2 is 1.59 bits per heavy atom. The van der Waals surface area contributed by atoms with Crippen LogP contribution in [-0.4, -0.2) is 32.3 Å². The molecule has 3 rings (SSSR count). The van der Waals surface area contributed by atoms with Gasteiger partial charge in [-0.1, -0.05) is 13.0 Å². The van der Waals surface area contributed by atoms with Crippen LogP contribution in [0.4, 0.5) is 14.5 Å². The second-order valence-electron chi connectivity index (χ2n) is 6.71. The number of likely N-dealkylation sites (tertiary alicyclic amines) is 1. The predicted octanol–water partition coefficient (Wildman–Crippen LogP) is 3.64. The zero-order valence-electron chi connectivity index (χ0n) is 14.8. The Labute approximate surface area is 157 Å². The van der Waals surface area contributed by atoms with Crippen LogP contribution in [0.5, 0.6) is 0 Å². The summed E-state index contributed by atoms with van der Waals surface area (Å²) in [4.78, 5) is 13.2. The second kappa shape index (κ2) is 7.64. The lowest BCUT2D eigenvalue weighted by molar-refractivity contribution is 0.0697. The maximum atomic E-state index is 13.7. The lowest BCUT2D eigenvalue weighted by atomic mass is 9.98. The summed E-state index contributed by atoms with van der Waals surface area (Å²) < 4.78 is 54.2. The molecule has 0 unspecified atom stereocenters. The van der Waals surface area contributed by atoms with Crippen LogP contribution in [0.15, 0.2) is 47.4 Å². The van der Waals surface area contributed by atoms with Gasteiger partial charge in [-0.05, 0) is 55.2 Å². The van der Waals surface area contributed by atoms with E-state index in [1.54, 1.807) is 4.90 Å².